The second-order valence-electron chi connectivity index (χ2n) is 6.80. The van der Waals surface area contributed by atoms with Crippen molar-refractivity contribution in [3.63, 3.8) is 0 Å². The Bertz CT molecular complexity index is 1470. The Balaban J connectivity index is 1.63. The summed E-state index contributed by atoms with van der Waals surface area (Å²) in [5, 5.41) is 43.6. The van der Waals surface area contributed by atoms with Crippen LogP contribution in [0.15, 0.2) is 69.9 Å². The van der Waals surface area contributed by atoms with Gasteiger partial charge in [-0.3, -0.25) is 4.79 Å². The van der Waals surface area contributed by atoms with E-state index in [1.165, 1.54) is 36.4 Å². The summed E-state index contributed by atoms with van der Waals surface area (Å²) in [5.41, 5.74) is 0.675. The first-order chi connectivity index (χ1) is 15.4. The van der Waals surface area contributed by atoms with Crippen molar-refractivity contribution in [2.75, 3.05) is 10.6 Å². The first-order valence-electron chi connectivity index (χ1n) is 9.26. The number of phenols is 2. The summed E-state index contributed by atoms with van der Waals surface area (Å²) in [7, 11) is 0. The van der Waals surface area contributed by atoms with Crippen molar-refractivity contribution in [2.45, 2.75) is 0 Å². The van der Waals surface area contributed by atoms with Gasteiger partial charge in [-0.25, -0.2) is 4.79 Å². The number of urea groups is 1. The minimum atomic E-state index is -0.736. The fraction of sp³-hybridized carbons (Fsp3) is 0. The van der Waals surface area contributed by atoms with Gasteiger partial charge < -0.3 is 30.4 Å². The molecule has 0 aliphatic heterocycles. The Morgan fingerprint density at radius 2 is 1.66 bits per heavy atom. The van der Waals surface area contributed by atoms with Crippen LogP contribution in [0, 0.1) is 11.3 Å². The molecule has 0 fully saturated rings. The molecule has 1 aromatic heterocycles. The number of carbonyl (C=O) groups excluding carboxylic acids is 1. The molecule has 5 N–H and O–H groups in total. The largest absolute Gasteiger partial charge is 0.504 e. The third-order valence-corrected chi connectivity index (χ3v) is 4.61. The third-order valence-electron chi connectivity index (χ3n) is 4.61. The molecular formula is C23H15N3O6. The van der Waals surface area contributed by atoms with Crippen LogP contribution in [0.1, 0.15) is 5.56 Å². The van der Waals surface area contributed by atoms with Gasteiger partial charge in [0.2, 0.25) is 11.2 Å². The molecule has 0 saturated heterocycles. The van der Waals surface area contributed by atoms with Crippen molar-refractivity contribution in [2.24, 2.45) is 0 Å². The molecule has 4 rings (SSSR count). The summed E-state index contributed by atoms with van der Waals surface area (Å²) in [4.78, 5) is 25.0. The number of aromatic hydroxyl groups is 3. The molecule has 2 amide bonds. The van der Waals surface area contributed by atoms with Gasteiger partial charge in [-0.1, -0.05) is 6.07 Å². The van der Waals surface area contributed by atoms with Gasteiger partial charge >= 0.3 is 6.03 Å². The quantitative estimate of drug-likeness (QED) is 0.307. The van der Waals surface area contributed by atoms with E-state index >= 15 is 0 Å². The normalized spacial score (nSPS) is 10.5. The molecule has 0 aliphatic carbocycles. The predicted octanol–water partition coefficient (Wildman–Crippen LogP) is 4.09. The van der Waals surface area contributed by atoms with Crippen LogP contribution in [-0.2, 0) is 0 Å². The molecule has 1 heterocycles. The molecule has 158 valence electrons. The summed E-state index contributed by atoms with van der Waals surface area (Å²) >= 11 is 0. The molecule has 0 unspecified atom stereocenters. The average molecular weight is 429 g/mol. The number of carbonyl (C=O) groups is 1. The fourth-order valence-corrected chi connectivity index (χ4v) is 3.08. The Hall–Kier alpha value is -4.97. The summed E-state index contributed by atoms with van der Waals surface area (Å²) < 4.78 is 5.63. The van der Waals surface area contributed by atoms with E-state index in [0.29, 0.717) is 11.3 Å². The van der Waals surface area contributed by atoms with Gasteiger partial charge in [-0.05, 0) is 54.6 Å². The molecule has 0 aliphatic rings. The molecule has 0 spiro atoms. The SMILES string of the molecule is N#Cc1cccc(NC(=O)Nc2ccc3oc(-c4ccc(O)c(O)c4)c(O)c(=O)c3c2)c1. The van der Waals surface area contributed by atoms with Crippen LogP contribution in [0.4, 0.5) is 16.2 Å². The zero-order valence-corrected chi connectivity index (χ0v) is 16.3. The molecule has 0 radical (unpaired) electrons. The van der Waals surface area contributed by atoms with Crippen LogP contribution in [0.5, 0.6) is 17.2 Å². The standard InChI is InChI=1S/C23H15N3O6/c24-11-12-2-1-3-14(8-12)25-23(31)26-15-5-7-19-16(10-15)20(29)21(30)22(32-19)13-4-6-17(27)18(28)9-13/h1-10,27-28,30H,(H2,25,26,31). The Morgan fingerprint density at radius 1 is 0.906 bits per heavy atom. The molecule has 0 atom stereocenters. The van der Waals surface area contributed by atoms with E-state index in [9.17, 15) is 24.9 Å². The summed E-state index contributed by atoms with van der Waals surface area (Å²) in [6, 6.07) is 15.8. The minimum Gasteiger partial charge on any atom is -0.504 e. The average Bonchev–Trinajstić information content (AvgIpc) is 2.78. The van der Waals surface area contributed by atoms with Gasteiger partial charge in [-0.2, -0.15) is 5.26 Å². The van der Waals surface area contributed by atoms with Crippen molar-refractivity contribution in [3.05, 3.63) is 76.5 Å². The van der Waals surface area contributed by atoms with E-state index in [2.05, 4.69) is 10.6 Å². The highest BCUT2D eigenvalue weighted by molar-refractivity contribution is 6.01. The van der Waals surface area contributed by atoms with Crippen LogP contribution in [-0.4, -0.2) is 21.4 Å². The van der Waals surface area contributed by atoms with Crippen molar-refractivity contribution >= 4 is 28.4 Å². The lowest BCUT2D eigenvalue weighted by Gasteiger charge is -2.10. The number of nitrogens with one attached hydrogen (secondary N) is 2. The lowest BCUT2D eigenvalue weighted by Crippen LogP contribution is -2.19. The first kappa shape index (κ1) is 20.3. The molecule has 9 nitrogen and oxygen atoms in total. The van der Waals surface area contributed by atoms with Crippen molar-refractivity contribution in [1.29, 1.82) is 5.26 Å². The number of fused-ring (bicyclic) bond motifs is 1. The first-order valence-corrected chi connectivity index (χ1v) is 9.26. The van der Waals surface area contributed by atoms with Crippen LogP contribution < -0.4 is 16.1 Å². The van der Waals surface area contributed by atoms with E-state index in [0.717, 1.165) is 6.07 Å². The van der Waals surface area contributed by atoms with Gasteiger partial charge in [0.15, 0.2) is 17.3 Å². The monoisotopic (exact) mass is 429 g/mol. The second kappa shape index (κ2) is 8.04. The van der Waals surface area contributed by atoms with E-state index in [4.69, 9.17) is 9.68 Å². The predicted molar refractivity (Wildman–Crippen MR) is 117 cm³/mol. The number of nitrogens with zero attached hydrogens (tertiary/aromatic N) is 1. The molecule has 4 aromatic rings. The summed E-state index contributed by atoms with van der Waals surface area (Å²) in [5.74, 6) is -1.65. The van der Waals surface area contributed by atoms with E-state index in [1.807, 2.05) is 6.07 Å². The highest BCUT2D eigenvalue weighted by atomic mass is 16.4. The summed E-state index contributed by atoms with van der Waals surface area (Å²) in [6.07, 6.45) is 0. The lowest BCUT2D eigenvalue weighted by molar-refractivity contribution is 0.262. The third kappa shape index (κ3) is 3.88. The van der Waals surface area contributed by atoms with Gasteiger partial charge in [0.1, 0.15) is 5.58 Å². The van der Waals surface area contributed by atoms with Crippen molar-refractivity contribution in [1.82, 2.24) is 0 Å². The van der Waals surface area contributed by atoms with Gasteiger partial charge in [-0.15, -0.1) is 0 Å². The molecule has 32 heavy (non-hydrogen) atoms. The molecule has 9 heteroatoms. The van der Waals surface area contributed by atoms with E-state index < -0.39 is 23.0 Å². The maximum absolute atomic E-state index is 12.7. The zero-order valence-electron chi connectivity index (χ0n) is 16.3. The van der Waals surface area contributed by atoms with Crippen LogP contribution in [0.3, 0.4) is 0 Å². The number of rotatable bonds is 3. The number of anilines is 2. The zero-order chi connectivity index (χ0) is 22.8. The number of hydrogen-bond donors (Lipinski definition) is 5. The van der Waals surface area contributed by atoms with Crippen LogP contribution in [0.25, 0.3) is 22.3 Å². The van der Waals surface area contributed by atoms with Crippen molar-refractivity contribution < 1.29 is 24.5 Å². The van der Waals surface area contributed by atoms with Crippen molar-refractivity contribution in [3.8, 4) is 34.6 Å². The van der Waals surface area contributed by atoms with Gasteiger partial charge in [0.05, 0.1) is 17.0 Å². The Kier molecular flexibility index (Phi) is 5.10. The van der Waals surface area contributed by atoms with Crippen LogP contribution >= 0.6 is 0 Å². The number of benzene rings is 3. The molecule has 0 saturated carbocycles. The molecule has 0 bridgehead atoms. The number of hydrogen-bond acceptors (Lipinski definition) is 7. The maximum Gasteiger partial charge on any atom is 0.323 e. The minimum absolute atomic E-state index is 0.0264. The van der Waals surface area contributed by atoms with Gasteiger partial charge in [0.25, 0.3) is 0 Å². The summed E-state index contributed by atoms with van der Waals surface area (Å²) in [6.45, 7) is 0. The number of amides is 2. The maximum atomic E-state index is 12.7. The highest BCUT2D eigenvalue weighted by Crippen LogP contribution is 2.35. The van der Waals surface area contributed by atoms with Gasteiger partial charge in [0, 0.05) is 16.9 Å². The fourth-order valence-electron chi connectivity index (χ4n) is 3.08. The number of nitriles is 1. The second-order valence-corrected chi connectivity index (χ2v) is 6.80. The molecular weight excluding hydrogens is 414 g/mol. The Labute approximate surface area is 180 Å². The number of phenolic OH excluding ortho intramolecular Hbond substituents is 2. The molecule has 3 aromatic carbocycles. The Morgan fingerprint density at radius 3 is 2.38 bits per heavy atom. The lowest BCUT2D eigenvalue weighted by atomic mass is 10.1. The smallest absolute Gasteiger partial charge is 0.323 e. The van der Waals surface area contributed by atoms with Crippen LogP contribution in [0.2, 0.25) is 0 Å². The van der Waals surface area contributed by atoms with E-state index in [1.54, 1.807) is 18.2 Å². The highest BCUT2D eigenvalue weighted by Gasteiger charge is 2.17. The van der Waals surface area contributed by atoms with E-state index in [-0.39, 0.29) is 33.7 Å². The topological polar surface area (TPSA) is 156 Å².